The summed E-state index contributed by atoms with van der Waals surface area (Å²) in [5, 5.41) is 2.71. The number of aromatic nitrogens is 1. The molecule has 0 aliphatic carbocycles. The fourth-order valence-corrected chi connectivity index (χ4v) is 1.82. The number of amides is 1. The number of nitrogens with one attached hydrogen (secondary N) is 1. The first kappa shape index (κ1) is 19.2. The Bertz CT molecular complexity index is 492. The number of halogens is 1. The molecular formula is C16H26FN3O3. The van der Waals surface area contributed by atoms with Gasteiger partial charge in [0.2, 0.25) is 0 Å². The standard InChI is InChI=1S/C16H26FN3O3/c1-5-20(10-9-19-15(21)23-16(2,3)4)11-12-22-13-7-6-8-18-14(13)17/h6-8H,5,9-12H2,1-4H3,(H,19,21). The molecule has 130 valence electrons. The third-order valence-corrected chi connectivity index (χ3v) is 2.93. The first-order valence-electron chi connectivity index (χ1n) is 7.74. The van der Waals surface area contributed by atoms with Gasteiger partial charge in [0.05, 0.1) is 0 Å². The summed E-state index contributed by atoms with van der Waals surface area (Å²) in [6, 6.07) is 3.17. The molecule has 1 amide bonds. The Labute approximate surface area is 137 Å². The predicted octanol–water partition coefficient (Wildman–Crippen LogP) is 2.45. The molecule has 23 heavy (non-hydrogen) atoms. The Balaban J connectivity index is 2.24. The van der Waals surface area contributed by atoms with Crippen LogP contribution in [0.1, 0.15) is 27.7 Å². The summed E-state index contributed by atoms with van der Waals surface area (Å²) in [4.78, 5) is 17.2. The van der Waals surface area contributed by atoms with Gasteiger partial charge in [-0.25, -0.2) is 9.78 Å². The summed E-state index contributed by atoms with van der Waals surface area (Å²) in [5.74, 6) is -0.461. The minimum absolute atomic E-state index is 0.149. The highest BCUT2D eigenvalue weighted by Crippen LogP contribution is 2.12. The molecule has 1 aromatic rings. The van der Waals surface area contributed by atoms with E-state index in [0.717, 1.165) is 6.54 Å². The van der Waals surface area contributed by atoms with E-state index >= 15 is 0 Å². The smallest absolute Gasteiger partial charge is 0.407 e. The number of alkyl carbamates (subject to hydrolysis) is 1. The molecular weight excluding hydrogens is 301 g/mol. The lowest BCUT2D eigenvalue weighted by Crippen LogP contribution is -2.39. The van der Waals surface area contributed by atoms with E-state index in [1.165, 1.54) is 6.20 Å². The van der Waals surface area contributed by atoms with Crippen LogP contribution in [0.5, 0.6) is 5.75 Å². The van der Waals surface area contributed by atoms with Gasteiger partial charge in [-0.1, -0.05) is 6.92 Å². The van der Waals surface area contributed by atoms with Crippen molar-refractivity contribution >= 4 is 6.09 Å². The van der Waals surface area contributed by atoms with Gasteiger partial charge < -0.3 is 14.8 Å². The molecule has 7 heteroatoms. The van der Waals surface area contributed by atoms with E-state index in [9.17, 15) is 9.18 Å². The second-order valence-corrected chi connectivity index (χ2v) is 6.00. The van der Waals surface area contributed by atoms with Crippen LogP contribution in [0.15, 0.2) is 18.3 Å². The van der Waals surface area contributed by atoms with Crippen LogP contribution >= 0.6 is 0 Å². The molecule has 0 saturated carbocycles. The first-order chi connectivity index (χ1) is 10.8. The van der Waals surface area contributed by atoms with Gasteiger partial charge in [-0.3, -0.25) is 4.90 Å². The van der Waals surface area contributed by atoms with Crippen LogP contribution in [0.25, 0.3) is 0 Å². The van der Waals surface area contributed by atoms with Gasteiger partial charge >= 0.3 is 6.09 Å². The van der Waals surface area contributed by atoms with Gasteiger partial charge in [-0.2, -0.15) is 4.39 Å². The van der Waals surface area contributed by atoms with Crippen molar-refractivity contribution < 1.29 is 18.7 Å². The third kappa shape index (κ3) is 8.35. The molecule has 6 nitrogen and oxygen atoms in total. The van der Waals surface area contributed by atoms with E-state index in [1.54, 1.807) is 12.1 Å². The molecule has 0 aliphatic rings. The van der Waals surface area contributed by atoms with Crippen molar-refractivity contribution in [1.82, 2.24) is 15.2 Å². The average Bonchev–Trinajstić information content (AvgIpc) is 2.45. The van der Waals surface area contributed by atoms with E-state index < -0.39 is 17.6 Å². The van der Waals surface area contributed by atoms with E-state index in [1.807, 2.05) is 27.7 Å². The summed E-state index contributed by atoms with van der Waals surface area (Å²) in [6.07, 6.45) is 0.949. The van der Waals surface area contributed by atoms with Crippen LogP contribution in [0, 0.1) is 5.95 Å². The zero-order valence-electron chi connectivity index (χ0n) is 14.3. The SMILES string of the molecule is CCN(CCNC(=O)OC(C)(C)C)CCOc1cccnc1F. The van der Waals surface area contributed by atoms with Crippen molar-refractivity contribution in [1.29, 1.82) is 0 Å². The quantitative estimate of drug-likeness (QED) is 0.743. The van der Waals surface area contributed by atoms with Gasteiger partial charge in [-0.15, -0.1) is 0 Å². The number of pyridine rings is 1. The first-order valence-corrected chi connectivity index (χ1v) is 7.74. The maximum Gasteiger partial charge on any atom is 0.407 e. The highest BCUT2D eigenvalue weighted by molar-refractivity contribution is 5.67. The van der Waals surface area contributed by atoms with Crippen LogP contribution < -0.4 is 10.1 Å². The molecule has 0 saturated heterocycles. The van der Waals surface area contributed by atoms with Crippen LogP contribution in [-0.2, 0) is 4.74 Å². The van der Waals surface area contributed by atoms with Crippen LogP contribution in [0.3, 0.4) is 0 Å². The number of carbonyl (C=O) groups excluding carboxylic acids is 1. The lowest BCUT2D eigenvalue weighted by Gasteiger charge is -2.22. The zero-order chi connectivity index (χ0) is 17.3. The van der Waals surface area contributed by atoms with Crippen LogP contribution in [0.2, 0.25) is 0 Å². The molecule has 1 N–H and O–H groups in total. The summed E-state index contributed by atoms with van der Waals surface area (Å²) < 4.78 is 23.8. The van der Waals surface area contributed by atoms with E-state index in [2.05, 4.69) is 15.2 Å². The molecule has 0 aromatic carbocycles. The van der Waals surface area contributed by atoms with E-state index in [-0.39, 0.29) is 5.75 Å². The second-order valence-electron chi connectivity index (χ2n) is 6.00. The summed E-state index contributed by atoms with van der Waals surface area (Å²) in [7, 11) is 0. The van der Waals surface area contributed by atoms with Crippen molar-refractivity contribution in [2.75, 3.05) is 32.8 Å². The number of nitrogens with zero attached hydrogens (tertiary/aromatic N) is 2. The third-order valence-electron chi connectivity index (χ3n) is 2.93. The van der Waals surface area contributed by atoms with Crippen molar-refractivity contribution in [3.63, 3.8) is 0 Å². The molecule has 0 atom stereocenters. The molecule has 0 fully saturated rings. The normalized spacial score (nSPS) is 11.4. The number of carbonyl (C=O) groups is 1. The molecule has 1 heterocycles. The minimum atomic E-state index is -0.609. The Morgan fingerprint density at radius 2 is 2.13 bits per heavy atom. The number of hydrogen-bond donors (Lipinski definition) is 1. The topological polar surface area (TPSA) is 63.7 Å². The van der Waals surface area contributed by atoms with Gasteiger partial charge in [0, 0.05) is 25.8 Å². The Hall–Kier alpha value is -1.89. The lowest BCUT2D eigenvalue weighted by molar-refractivity contribution is 0.0521. The number of likely N-dealkylation sites (N-methyl/N-ethyl adjacent to an activating group) is 1. The predicted molar refractivity (Wildman–Crippen MR) is 86.0 cm³/mol. The van der Waals surface area contributed by atoms with Gasteiger partial charge in [0.25, 0.3) is 5.95 Å². The van der Waals surface area contributed by atoms with Crippen molar-refractivity contribution in [3.05, 3.63) is 24.3 Å². The van der Waals surface area contributed by atoms with Crippen LogP contribution in [0.4, 0.5) is 9.18 Å². The second kappa shape index (κ2) is 9.29. The maximum absolute atomic E-state index is 13.3. The van der Waals surface area contributed by atoms with Crippen molar-refractivity contribution in [2.24, 2.45) is 0 Å². The minimum Gasteiger partial charge on any atom is -0.487 e. The van der Waals surface area contributed by atoms with E-state index in [4.69, 9.17) is 9.47 Å². The fourth-order valence-electron chi connectivity index (χ4n) is 1.82. The maximum atomic E-state index is 13.3. The summed E-state index contributed by atoms with van der Waals surface area (Å²) >= 11 is 0. The summed E-state index contributed by atoms with van der Waals surface area (Å²) in [5.41, 5.74) is -0.504. The largest absolute Gasteiger partial charge is 0.487 e. The number of rotatable bonds is 8. The summed E-state index contributed by atoms with van der Waals surface area (Å²) in [6.45, 7) is 10.4. The average molecular weight is 327 g/mol. The Morgan fingerprint density at radius 1 is 1.39 bits per heavy atom. The Kier molecular flexibility index (Phi) is 7.74. The van der Waals surface area contributed by atoms with Gasteiger partial charge in [-0.05, 0) is 39.4 Å². The van der Waals surface area contributed by atoms with Crippen molar-refractivity contribution in [3.8, 4) is 5.75 Å². The van der Waals surface area contributed by atoms with E-state index in [0.29, 0.717) is 26.2 Å². The highest BCUT2D eigenvalue weighted by Gasteiger charge is 2.15. The number of ether oxygens (including phenoxy) is 2. The van der Waals surface area contributed by atoms with Gasteiger partial charge in [0.15, 0.2) is 5.75 Å². The molecule has 0 aliphatic heterocycles. The zero-order valence-corrected chi connectivity index (χ0v) is 14.3. The Morgan fingerprint density at radius 3 is 2.74 bits per heavy atom. The highest BCUT2D eigenvalue weighted by atomic mass is 19.1. The molecule has 0 unspecified atom stereocenters. The molecule has 0 bridgehead atoms. The number of hydrogen-bond acceptors (Lipinski definition) is 5. The van der Waals surface area contributed by atoms with Crippen LogP contribution in [-0.4, -0.2) is 54.4 Å². The van der Waals surface area contributed by atoms with Gasteiger partial charge in [0.1, 0.15) is 12.2 Å². The molecule has 1 rings (SSSR count). The molecule has 0 radical (unpaired) electrons. The fraction of sp³-hybridized carbons (Fsp3) is 0.625. The van der Waals surface area contributed by atoms with Crippen molar-refractivity contribution in [2.45, 2.75) is 33.3 Å². The molecule has 0 spiro atoms. The monoisotopic (exact) mass is 327 g/mol. The lowest BCUT2D eigenvalue weighted by atomic mass is 10.2. The molecule has 1 aromatic heterocycles.